The molecule has 0 saturated heterocycles. The molecular weight excluding hydrogens is 645 g/mol. The van der Waals surface area contributed by atoms with Crippen LogP contribution in [-0.2, 0) is 0 Å². The van der Waals surface area contributed by atoms with Crippen LogP contribution < -0.4 is 9.47 Å². The summed E-state index contributed by atoms with van der Waals surface area (Å²) < 4.78 is 17.0. The molecule has 6 nitrogen and oxygen atoms in total. The molecule has 9 aromatic rings. The molecule has 0 atom stereocenters. The highest BCUT2D eigenvalue weighted by molar-refractivity contribution is 6.10. The van der Waals surface area contributed by atoms with Crippen LogP contribution in [0.25, 0.3) is 77.2 Å². The summed E-state index contributed by atoms with van der Waals surface area (Å²) in [6, 6.07) is 54.7. The molecule has 0 aliphatic heterocycles. The van der Waals surface area contributed by atoms with Crippen molar-refractivity contribution in [3.63, 3.8) is 0 Å². The van der Waals surface area contributed by atoms with E-state index < -0.39 is 0 Å². The van der Waals surface area contributed by atoms with E-state index in [2.05, 4.69) is 155 Å². The number of ether oxygens (including phenoxy) is 2. The Morgan fingerprint density at radius 2 is 0.692 bits per heavy atom. The lowest BCUT2D eigenvalue weighted by atomic mass is 9.97. The molecule has 254 valence electrons. The normalized spacial score (nSPS) is 11.6. The van der Waals surface area contributed by atoms with E-state index in [0.717, 1.165) is 55.7 Å². The van der Waals surface area contributed by atoms with Crippen LogP contribution in [0.15, 0.2) is 158 Å². The second kappa shape index (κ2) is 13.4. The van der Waals surface area contributed by atoms with Gasteiger partial charge in [0.15, 0.2) is 0 Å². The highest BCUT2D eigenvalue weighted by Gasteiger charge is 2.18. The predicted molar refractivity (Wildman–Crippen MR) is 211 cm³/mol. The summed E-state index contributed by atoms with van der Waals surface area (Å²) in [6.07, 6.45) is 0. The van der Waals surface area contributed by atoms with Crippen molar-refractivity contribution < 1.29 is 19.7 Å². The van der Waals surface area contributed by atoms with Gasteiger partial charge in [-0.2, -0.15) is 0 Å². The third-order valence-electron chi connectivity index (χ3n) is 9.81. The second-order valence-corrected chi connectivity index (χ2v) is 12.8. The van der Waals surface area contributed by atoms with E-state index in [0.29, 0.717) is 11.5 Å². The molecule has 52 heavy (non-hydrogen) atoms. The Morgan fingerprint density at radius 1 is 0.385 bits per heavy atom. The summed E-state index contributed by atoms with van der Waals surface area (Å²) in [6.45, 7) is 0.0698. The number of aliphatic hydroxyl groups excluding tert-OH is 2. The van der Waals surface area contributed by atoms with Gasteiger partial charge in [-0.05, 0) is 71.8 Å². The zero-order valence-electron chi connectivity index (χ0n) is 28.4. The van der Waals surface area contributed by atoms with Crippen molar-refractivity contribution >= 4 is 43.6 Å². The lowest BCUT2D eigenvalue weighted by molar-refractivity contribution is 0.199. The summed E-state index contributed by atoms with van der Waals surface area (Å²) in [4.78, 5) is 0. The lowest BCUT2D eigenvalue weighted by Crippen LogP contribution is -2.06. The van der Waals surface area contributed by atoms with Crippen molar-refractivity contribution in [2.75, 3.05) is 26.4 Å². The Kier molecular flexibility index (Phi) is 8.16. The maximum Gasteiger partial charge on any atom is 0.128 e. The molecule has 0 spiro atoms. The minimum Gasteiger partial charge on any atom is -0.491 e. The van der Waals surface area contributed by atoms with Gasteiger partial charge >= 0.3 is 0 Å². The van der Waals surface area contributed by atoms with Gasteiger partial charge in [0.25, 0.3) is 0 Å². The monoisotopic (exact) mass is 680 g/mol. The molecule has 0 amide bonds. The van der Waals surface area contributed by atoms with Crippen molar-refractivity contribution in [1.29, 1.82) is 0 Å². The van der Waals surface area contributed by atoms with Crippen LogP contribution in [0.2, 0.25) is 0 Å². The van der Waals surface area contributed by atoms with Crippen molar-refractivity contribution in [3.8, 4) is 45.1 Å². The van der Waals surface area contributed by atoms with Crippen LogP contribution in [0, 0.1) is 0 Å². The third kappa shape index (κ3) is 5.37. The van der Waals surface area contributed by atoms with Crippen LogP contribution in [0.3, 0.4) is 0 Å². The summed E-state index contributed by atoms with van der Waals surface area (Å²) in [7, 11) is 0. The van der Waals surface area contributed by atoms with E-state index >= 15 is 0 Å². The minimum atomic E-state index is -0.113. The number of aliphatic hydroxyl groups is 2. The Labute approximate surface area is 301 Å². The smallest absolute Gasteiger partial charge is 0.128 e. The largest absolute Gasteiger partial charge is 0.491 e. The molecule has 2 heterocycles. The number of para-hydroxylation sites is 4. The molecule has 7 aromatic carbocycles. The van der Waals surface area contributed by atoms with E-state index in [-0.39, 0.29) is 26.4 Å². The van der Waals surface area contributed by atoms with Crippen LogP contribution >= 0.6 is 0 Å². The lowest BCUT2D eigenvalue weighted by Gasteiger charge is -2.18. The van der Waals surface area contributed by atoms with E-state index in [9.17, 15) is 10.2 Å². The fraction of sp³-hybridized carbons (Fsp3) is 0.0870. The summed E-state index contributed by atoms with van der Waals surface area (Å²) in [5.41, 5.74) is 10.3. The Morgan fingerprint density at radius 3 is 1.00 bits per heavy atom. The molecule has 0 aliphatic rings. The SMILES string of the molecule is OCCOc1cc(-c2ccc(-n3c4ccccc4c4ccccc43)cc2)c(OCCO)cc1-c1ccc(-n2c3ccccc3c3ccccc32)cc1. The summed E-state index contributed by atoms with van der Waals surface area (Å²) in [5, 5.41) is 24.4. The molecule has 2 N–H and O–H groups in total. The standard InChI is InChI=1S/C46H36N2O4/c49-25-27-51-45-30-40(32-19-23-34(24-20-32)48-43-15-7-3-11-37(43)38-12-4-8-16-44(38)48)46(52-28-26-50)29-39(45)31-17-21-33(22-18-31)47-41-13-5-1-9-35(41)36-10-2-6-14-42(36)47/h1-24,29-30,49-50H,25-28H2. The van der Waals surface area contributed by atoms with Gasteiger partial charge in [0.1, 0.15) is 24.7 Å². The van der Waals surface area contributed by atoms with Gasteiger partial charge in [-0.3, -0.25) is 0 Å². The molecular formula is C46H36N2O4. The van der Waals surface area contributed by atoms with Gasteiger partial charge in [0.05, 0.1) is 35.3 Å². The third-order valence-corrected chi connectivity index (χ3v) is 9.81. The molecule has 6 heteroatoms. The van der Waals surface area contributed by atoms with E-state index in [1.807, 2.05) is 12.1 Å². The van der Waals surface area contributed by atoms with E-state index in [1.165, 1.54) is 21.5 Å². The topological polar surface area (TPSA) is 68.8 Å². The Bertz CT molecular complexity index is 2410. The number of hydrogen-bond donors (Lipinski definition) is 2. The molecule has 0 radical (unpaired) electrons. The first-order valence-corrected chi connectivity index (χ1v) is 17.6. The fourth-order valence-corrected chi connectivity index (χ4v) is 7.54. The van der Waals surface area contributed by atoms with Gasteiger partial charge in [0, 0.05) is 44.0 Å². The van der Waals surface area contributed by atoms with E-state index in [4.69, 9.17) is 9.47 Å². The quantitative estimate of drug-likeness (QED) is 0.151. The zero-order chi connectivity index (χ0) is 35.0. The number of nitrogens with zero attached hydrogens (tertiary/aromatic N) is 2. The highest BCUT2D eigenvalue weighted by atomic mass is 16.5. The fourth-order valence-electron chi connectivity index (χ4n) is 7.54. The molecule has 9 rings (SSSR count). The van der Waals surface area contributed by atoms with Crippen LogP contribution in [0.5, 0.6) is 11.5 Å². The molecule has 2 aromatic heterocycles. The zero-order valence-corrected chi connectivity index (χ0v) is 28.4. The average molecular weight is 681 g/mol. The van der Waals surface area contributed by atoms with Crippen molar-refractivity contribution in [2.24, 2.45) is 0 Å². The van der Waals surface area contributed by atoms with Gasteiger partial charge in [-0.25, -0.2) is 0 Å². The summed E-state index contributed by atoms with van der Waals surface area (Å²) in [5.74, 6) is 1.27. The van der Waals surface area contributed by atoms with Crippen molar-refractivity contribution in [2.45, 2.75) is 0 Å². The Balaban J connectivity index is 1.13. The first-order valence-electron chi connectivity index (χ1n) is 17.6. The number of fused-ring (bicyclic) bond motifs is 6. The number of rotatable bonds is 10. The second-order valence-electron chi connectivity index (χ2n) is 12.8. The maximum absolute atomic E-state index is 9.75. The van der Waals surface area contributed by atoms with Crippen molar-refractivity contribution in [3.05, 3.63) is 158 Å². The first-order chi connectivity index (χ1) is 25.7. The van der Waals surface area contributed by atoms with Gasteiger partial charge in [-0.15, -0.1) is 0 Å². The maximum atomic E-state index is 9.75. The minimum absolute atomic E-state index is 0.113. The van der Waals surface area contributed by atoms with Gasteiger partial charge < -0.3 is 28.8 Å². The number of benzene rings is 7. The van der Waals surface area contributed by atoms with Crippen LogP contribution in [0.1, 0.15) is 0 Å². The average Bonchev–Trinajstić information content (AvgIpc) is 3.72. The highest BCUT2D eigenvalue weighted by Crippen LogP contribution is 2.42. The molecule has 0 fully saturated rings. The summed E-state index contributed by atoms with van der Waals surface area (Å²) >= 11 is 0. The van der Waals surface area contributed by atoms with Crippen molar-refractivity contribution in [1.82, 2.24) is 9.13 Å². The predicted octanol–water partition coefficient (Wildman–Crippen LogP) is 9.96. The Hall–Kier alpha value is -6.34. The number of hydrogen-bond acceptors (Lipinski definition) is 4. The van der Waals surface area contributed by atoms with Gasteiger partial charge in [-0.1, -0.05) is 97.1 Å². The number of aromatic nitrogens is 2. The first kappa shape index (κ1) is 31.6. The van der Waals surface area contributed by atoms with Crippen LogP contribution in [-0.4, -0.2) is 45.8 Å². The molecule has 0 saturated carbocycles. The van der Waals surface area contributed by atoms with E-state index in [1.54, 1.807) is 0 Å². The van der Waals surface area contributed by atoms with Crippen LogP contribution in [0.4, 0.5) is 0 Å². The molecule has 0 aliphatic carbocycles. The molecule has 0 unspecified atom stereocenters. The van der Waals surface area contributed by atoms with Gasteiger partial charge in [0.2, 0.25) is 0 Å². The molecule has 0 bridgehead atoms.